The summed E-state index contributed by atoms with van der Waals surface area (Å²) < 4.78 is 0. The van der Waals surface area contributed by atoms with Gasteiger partial charge >= 0.3 is 0 Å². The van der Waals surface area contributed by atoms with Crippen molar-refractivity contribution in [2.75, 3.05) is 10.6 Å². The third-order valence-corrected chi connectivity index (χ3v) is 4.60. The Hall–Kier alpha value is -4.53. The van der Waals surface area contributed by atoms with Crippen molar-refractivity contribution in [2.45, 2.75) is 0 Å². The highest BCUT2D eigenvalue weighted by Crippen LogP contribution is 2.20. The van der Waals surface area contributed by atoms with E-state index in [4.69, 9.17) is 0 Å². The first-order valence-corrected chi connectivity index (χ1v) is 9.13. The van der Waals surface area contributed by atoms with Crippen molar-refractivity contribution in [3.05, 3.63) is 78.2 Å². The number of nitrogens with zero attached hydrogens (tertiary/aromatic N) is 3. The lowest BCUT2D eigenvalue weighted by Gasteiger charge is -2.03. The van der Waals surface area contributed by atoms with Gasteiger partial charge in [0, 0.05) is 23.8 Å². The average molecular weight is 397 g/mol. The molecule has 0 spiro atoms. The second-order valence-corrected chi connectivity index (χ2v) is 6.57. The summed E-state index contributed by atoms with van der Waals surface area (Å²) in [4.78, 5) is 36.8. The van der Waals surface area contributed by atoms with Crippen LogP contribution in [0.3, 0.4) is 0 Å². The first-order valence-electron chi connectivity index (χ1n) is 9.13. The SMILES string of the molecule is O=C(Nc1nc2c(C(=O)Nc3cc[nH]n3)cccc2[nH]1)c1cc2ccccc2cn1. The number of carbonyl (C=O) groups excluding carboxylic acids is 2. The van der Waals surface area contributed by atoms with Crippen LogP contribution in [0.4, 0.5) is 11.8 Å². The third-order valence-electron chi connectivity index (χ3n) is 4.60. The predicted molar refractivity (Wildman–Crippen MR) is 112 cm³/mol. The summed E-state index contributed by atoms with van der Waals surface area (Å²) in [7, 11) is 0. The molecular formula is C21H15N7O2. The van der Waals surface area contributed by atoms with Crippen molar-refractivity contribution < 1.29 is 9.59 Å². The van der Waals surface area contributed by atoms with Crippen LogP contribution in [-0.2, 0) is 0 Å². The van der Waals surface area contributed by atoms with E-state index >= 15 is 0 Å². The summed E-state index contributed by atoms with van der Waals surface area (Å²) in [5.41, 5.74) is 1.68. The molecule has 5 rings (SSSR count). The normalized spacial score (nSPS) is 10.9. The number of imidazole rings is 1. The number of aromatic nitrogens is 5. The number of carbonyl (C=O) groups is 2. The summed E-state index contributed by atoms with van der Waals surface area (Å²) >= 11 is 0. The Bertz CT molecular complexity index is 1390. The molecule has 2 amide bonds. The highest BCUT2D eigenvalue weighted by molar-refractivity contribution is 6.12. The van der Waals surface area contributed by atoms with Crippen LogP contribution in [0.1, 0.15) is 20.8 Å². The standard InChI is InChI=1S/C21H15N7O2/c29-19(25-17-8-9-23-28-17)14-6-3-7-15-18(14)26-21(24-15)27-20(30)16-10-12-4-1-2-5-13(12)11-22-16/h1-11H,(H2,23,25,28,29)(H2,24,26,27,30). The molecule has 0 saturated heterocycles. The molecule has 3 aromatic heterocycles. The molecule has 9 heteroatoms. The van der Waals surface area contributed by atoms with E-state index in [1.807, 2.05) is 24.3 Å². The summed E-state index contributed by atoms with van der Waals surface area (Å²) in [5, 5.41) is 13.8. The topological polar surface area (TPSA) is 128 Å². The highest BCUT2D eigenvalue weighted by Gasteiger charge is 2.16. The maximum Gasteiger partial charge on any atom is 0.276 e. The zero-order valence-corrected chi connectivity index (χ0v) is 15.5. The monoisotopic (exact) mass is 397 g/mol. The Morgan fingerprint density at radius 1 is 0.900 bits per heavy atom. The number of amides is 2. The van der Waals surface area contributed by atoms with Crippen molar-refractivity contribution in [1.29, 1.82) is 0 Å². The molecule has 0 fully saturated rings. The van der Waals surface area contributed by atoms with Crippen molar-refractivity contribution in [3.63, 3.8) is 0 Å². The zero-order chi connectivity index (χ0) is 20.5. The first-order chi connectivity index (χ1) is 14.7. The average Bonchev–Trinajstić information content (AvgIpc) is 3.42. The fraction of sp³-hybridized carbons (Fsp3) is 0. The van der Waals surface area contributed by atoms with Crippen molar-refractivity contribution in [1.82, 2.24) is 25.1 Å². The Kier molecular flexibility index (Phi) is 4.18. The van der Waals surface area contributed by atoms with E-state index in [2.05, 4.69) is 35.8 Å². The van der Waals surface area contributed by atoms with Crippen LogP contribution in [0.5, 0.6) is 0 Å². The number of pyridine rings is 1. The van der Waals surface area contributed by atoms with Crippen LogP contribution in [-0.4, -0.2) is 37.0 Å². The largest absolute Gasteiger partial charge is 0.324 e. The number of H-pyrrole nitrogens is 2. The number of aromatic amines is 2. The van der Waals surface area contributed by atoms with Crippen LogP contribution >= 0.6 is 0 Å². The molecule has 5 aromatic rings. The van der Waals surface area contributed by atoms with Gasteiger partial charge in [0.15, 0.2) is 5.82 Å². The van der Waals surface area contributed by atoms with Gasteiger partial charge in [0.2, 0.25) is 5.95 Å². The van der Waals surface area contributed by atoms with Crippen LogP contribution in [0, 0.1) is 0 Å². The van der Waals surface area contributed by atoms with E-state index in [-0.39, 0.29) is 17.5 Å². The van der Waals surface area contributed by atoms with Gasteiger partial charge in [-0.2, -0.15) is 5.10 Å². The fourth-order valence-corrected chi connectivity index (χ4v) is 3.17. The zero-order valence-electron chi connectivity index (χ0n) is 15.5. The second-order valence-electron chi connectivity index (χ2n) is 6.57. The molecule has 0 aliphatic carbocycles. The van der Waals surface area contributed by atoms with E-state index in [0.717, 1.165) is 10.8 Å². The number of rotatable bonds is 4. The molecule has 9 nitrogen and oxygen atoms in total. The number of nitrogens with one attached hydrogen (secondary N) is 4. The van der Waals surface area contributed by atoms with Crippen molar-refractivity contribution >= 4 is 45.4 Å². The van der Waals surface area contributed by atoms with Gasteiger partial charge in [0.1, 0.15) is 11.2 Å². The molecule has 0 saturated carbocycles. The molecular weight excluding hydrogens is 382 g/mol. The van der Waals surface area contributed by atoms with E-state index < -0.39 is 5.91 Å². The van der Waals surface area contributed by atoms with Crippen LogP contribution in [0.25, 0.3) is 21.8 Å². The van der Waals surface area contributed by atoms with Crippen molar-refractivity contribution in [2.24, 2.45) is 0 Å². The molecule has 0 radical (unpaired) electrons. The molecule has 30 heavy (non-hydrogen) atoms. The van der Waals surface area contributed by atoms with Gasteiger partial charge in [0.05, 0.1) is 11.1 Å². The molecule has 0 aliphatic heterocycles. The minimum absolute atomic E-state index is 0.227. The Morgan fingerprint density at radius 2 is 1.77 bits per heavy atom. The number of hydrogen-bond donors (Lipinski definition) is 4. The number of hydrogen-bond acceptors (Lipinski definition) is 5. The molecule has 0 bridgehead atoms. The summed E-state index contributed by atoms with van der Waals surface area (Å²) in [6.07, 6.45) is 3.26. The third kappa shape index (κ3) is 3.24. The van der Waals surface area contributed by atoms with Gasteiger partial charge in [-0.05, 0) is 23.6 Å². The predicted octanol–water partition coefficient (Wildman–Crippen LogP) is 3.34. The van der Waals surface area contributed by atoms with Gasteiger partial charge < -0.3 is 10.3 Å². The molecule has 2 aromatic carbocycles. The quantitative estimate of drug-likeness (QED) is 0.370. The Morgan fingerprint density at radius 3 is 2.60 bits per heavy atom. The van der Waals surface area contributed by atoms with E-state index in [0.29, 0.717) is 22.4 Å². The van der Waals surface area contributed by atoms with Crippen molar-refractivity contribution in [3.8, 4) is 0 Å². The number of para-hydroxylation sites is 1. The number of benzene rings is 2. The molecule has 0 unspecified atom stereocenters. The van der Waals surface area contributed by atoms with Crippen LogP contribution in [0.2, 0.25) is 0 Å². The summed E-state index contributed by atoms with van der Waals surface area (Å²) in [6.45, 7) is 0. The maximum absolute atomic E-state index is 12.6. The van der Waals surface area contributed by atoms with Crippen LogP contribution < -0.4 is 10.6 Å². The van der Waals surface area contributed by atoms with Gasteiger partial charge in [-0.25, -0.2) is 4.98 Å². The van der Waals surface area contributed by atoms with Gasteiger partial charge in [-0.1, -0.05) is 30.3 Å². The Labute approximate surface area is 169 Å². The van der Waals surface area contributed by atoms with Crippen LogP contribution in [0.15, 0.2) is 67.0 Å². The molecule has 4 N–H and O–H groups in total. The van der Waals surface area contributed by atoms with E-state index in [1.165, 1.54) is 0 Å². The lowest BCUT2D eigenvalue weighted by Crippen LogP contribution is -2.14. The fourth-order valence-electron chi connectivity index (χ4n) is 3.17. The number of fused-ring (bicyclic) bond motifs is 2. The highest BCUT2D eigenvalue weighted by atomic mass is 16.2. The molecule has 0 atom stereocenters. The summed E-state index contributed by atoms with van der Waals surface area (Å²) in [5.74, 6) is -0.121. The number of anilines is 2. The second kappa shape index (κ2) is 7.13. The minimum atomic E-state index is -0.401. The molecule has 146 valence electrons. The summed E-state index contributed by atoms with van der Waals surface area (Å²) in [6, 6.07) is 16.2. The van der Waals surface area contributed by atoms with Gasteiger partial charge in [0.25, 0.3) is 11.8 Å². The molecule has 3 heterocycles. The van der Waals surface area contributed by atoms with Gasteiger partial charge in [-0.3, -0.25) is 25.0 Å². The minimum Gasteiger partial charge on any atom is -0.324 e. The first kappa shape index (κ1) is 17.6. The smallest absolute Gasteiger partial charge is 0.276 e. The Balaban J connectivity index is 1.42. The van der Waals surface area contributed by atoms with E-state index in [1.54, 1.807) is 42.7 Å². The maximum atomic E-state index is 12.6. The molecule has 0 aliphatic rings. The van der Waals surface area contributed by atoms with Gasteiger partial charge in [-0.15, -0.1) is 0 Å². The van der Waals surface area contributed by atoms with E-state index in [9.17, 15) is 9.59 Å². The lowest BCUT2D eigenvalue weighted by atomic mass is 10.1. The lowest BCUT2D eigenvalue weighted by molar-refractivity contribution is 0.101.